The number of hydrogen-bond donors (Lipinski definition) is 3. The molecule has 1 saturated heterocycles. The molecular weight excluding hydrogens is 208 g/mol. The molecule has 0 aromatic rings. The number of hydrogen-bond acceptors (Lipinski definition) is 4. The first-order chi connectivity index (χ1) is 7.49. The topological polar surface area (TPSA) is 87.5 Å². The average Bonchev–Trinajstić information content (AvgIpc) is 2.15. The molecule has 6 heteroatoms. The molecule has 6 nitrogen and oxygen atoms in total. The van der Waals surface area contributed by atoms with Crippen molar-refractivity contribution < 1.29 is 9.59 Å². The van der Waals surface area contributed by atoms with E-state index >= 15 is 0 Å². The van der Waals surface area contributed by atoms with E-state index in [4.69, 9.17) is 5.73 Å². The Morgan fingerprint density at radius 1 is 1.50 bits per heavy atom. The Labute approximate surface area is 95.5 Å². The highest BCUT2D eigenvalue weighted by molar-refractivity contribution is 5.94. The van der Waals surface area contributed by atoms with Crippen molar-refractivity contribution in [2.45, 2.75) is 19.4 Å². The van der Waals surface area contributed by atoms with E-state index in [9.17, 15) is 9.59 Å². The third kappa shape index (κ3) is 4.16. The SMILES string of the molecule is CC1CN(C)CCC1NCC(=O)NC(N)=O. The van der Waals surface area contributed by atoms with Crippen molar-refractivity contribution in [3.05, 3.63) is 0 Å². The maximum Gasteiger partial charge on any atom is 0.318 e. The second-order valence-corrected chi connectivity index (χ2v) is 4.43. The first kappa shape index (κ1) is 12.9. The maximum atomic E-state index is 11.2. The average molecular weight is 228 g/mol. The number of nitrogens with one attached hydrogen (secondary N) is 2. The lowest BCUT2D eigenvalue weighted by atomic mass is 9.94. The molecule has 3 amide bonds. The highest BCUT2D eigenvalue weighted by atomic mass is 16.2. The van der Waals surface area contributed by atoms with Crippen molar-refractivity contribution in [1.29, 1.82) is 0 Å². The standard InChI is InChI=1S/C10H20N4O2/c1-7-6-14(2)4-3-8(7)12-5-9(15)13-10(11)16/h7-8,12H,3-6H2,1-2H3,(H3,11,13,15,16). The number of likely N-dealkylation sites (tertiary alicyclic amines) is 1. The first-order valence-electron chi connectivity index (χ1n) is 5.50. The molecule has 1 rings (SSSR count). The Morgan fingerprint density at radius 3 is 2.75 bits per heavy atom. The van der Waals surface area contributed by atoms with Crippen LogP contribution in [0.5, 0.6) is 0 Å². The third-order valence-electron chi connectivity index (χ3n) is 2.90. The van der Waals surface area contributed by atoms with Crippen LogP contribution >= 0.6 is 0 Å². The van der Waals surface area contributed by atoms with Crippen molar-refractivity contribution in [3.8, 4) is 0 Å². The molecule has 92 valence electrons. The molecule has 0 aromatic carbocycles. The number of nitrogens with two attached hydrogens (primary N) is 1. The van der Waals surface area contributed by atoms with Gasteiger partial charge in [-0.2, -0.15) is 0 Å². The summed E-state index contributed by atoms with van der Waals surface area (Å²) in [6, 6.07) is -0.474. The number of rotatable bonds is 3. The van der Waals surface area contributed by atoms with Gasteiger partial charge in [0.15, 0.2) is 0 Å². The minimum absolute atomic E-state index is 0.141. The molecule has 4 N–H and O–H groups in total. The Balaban J connectivity index is 2.27. The predicted octanol–water partition coefficient (Wildman–Crippen LogP) is -0.889. The molecule has 0 radical (unpaired) electrons. The summed E-state index contributed by atoms with van der Waals surface area (Å²) in [7, 11) is 2.09. The Kier molecular flexibility index (Phi) is 4.70. The van der Waals surface area contributed by atoms with Crippen LogP contribution in [0.1, 0.15) is 13.3 Å². The highest BCUT2D eigenvalue weighted by Crippen LogP contribution is 2.14. The number of carbonyl (C=O) groups excluding carboxylic acids is 2. The van der Waals surface area contributed by atoms with E-state index in [1.54, 1.807) is 0 Å². The largest absolute Gasteiger partial charge is 0.351 e. The summed E-state index contributed by atoms with van der Waals surface area (Å²) in [5, 5.41) is 5.18. The third-order valence-corrected chi connectivity index (χ3v) is 2.90. The molecular formula is C10H20N4O2. The van der Waals surface area contributed by atoms with Crippen LogP contribution in [0.15, 0.2) is 0 Å². The number of carbonyl (C=O) groups is 2. The molecule has 16 heavy (non-hydrogen) atoms. The van der Waals surface area contributed by atoms with Gasteiger partial charge < -0.3 is 16.0 Å². The van der Waals surface area contributed by atoms with Gasteiger partial charge in [0.1, 0.15) is 0 Å². The predicted molar refractivity (Wildman–Crippen MR) is 60.8 cm³/mol. The number of amides is 3. The molecule has 0 saturated carbocycles. The summed E-state index contributed by atoms with van der Waals surface area (Å²) >= 11 is 0. The fourth-order valence-corrected chi connectivity index (χ4v) is 2.06. The Morgan fingerprint density at radius 2 is 2.19 bits per heavy atom. The van der Waals surface area contributed by atoms with Crippen LogP contribution in [0.25, 0.3) is 0 Å². The van der Waals surface area contributed by atoms with Crippen LogP contribution in [-0.4, -0.2) is 49.6 Å². The van der Waals surface area contributed by atoms with Gasteiger partial charge in [0, 0.05) is 12.6 Å². The van der Waals surface area contributed by atoms with E-state index in [1.165, 1.54) is 0 Å². The van der Waals surface area contributed by atoms with E-state index < -0.39 is 6.03 Å². The fourth-order valence-electron chi connectivity index (χ4n) is 2.06. The molecule has 0 aromatic heterocycles. The molecule has 0 aliphatic carbocycles. The van der Waals surface area contributed by atoms with Gasteiger partial charge in [-0.05, 0) is 25.9 Å². The molecule has 1 aliphatic heterocycles. The lowest BCUT2D eigenvalue weighted by molar-refractivity contribution is -0.119. The minimum Gasteiger partial charge on any atom is -0.351 e. The maximum absolute atomic E-state index is 11.2. The zero-order valence-electron chi connectivity index (χ0n) is 9.82. The van der Waals surface area contributed by atoms with E-state index in [0.29, 0.717) is 12.0 Å². The molecule has 1 aliphatic rings. The molecule has 2 atom stereocenters. The number of urea groups is 1. The normalized spacial score (nSPS) is 26.4. The summed E-state index contributed by atoms with van der Waals surface area (Å²) in [4.78, 5) is 23.9. The monoisotopic (exact) mass is 228 g/mol. The molecule has 2 unspecified atom stereocenters. The zero-order valence-corrected chi connectivity index (χ0v) is 9.82. The molecule has 1 fully saturated rings. The van der Waals surface area contributed by atoms with E-state index in [2.05, 4.69) is 24.2 Å². The van der Waals surface area contributed by atoms with Gasteiger partial charge in [-0.15, -0.1) is 0 Å². The number of primary amides is 1. The van der Waals surface area contributed by atoms with Crippen molar-refractivity contribution in [2.75, 3.05) is 26.7 Å². The van der Waals surface area contributed by atoms with E-state index in [0.717, 1.165) is 19.5 Å². The smallest absolute Gasteiger partial charge is 0.318 e. The van der Waals surface area contributed by atoms with Crippen molar-refractivity contribution in [2.24, 2.45) is 11.7 Å². The summed E-state index contributed by atoms with van der Waals surface area (Å²) in [5.41, 5.74) is 4.84. The zero-order chi connectivity index (χ0) is 12.1. The van der Waals surface area contributed by atoms with Crippen molar-refractivity contribution in [1.82, 2.24) is 15.5 Å². The lowest BCUT2D eigenvalue weighted by Crippen LogP contribution is -2.50. The van der Waals surface area contributed by atoms with E-state index in [1.807, 2.05) is 5.32 Å². The summed E-state index contributed by atoms with van der Waals surface area (Å²) in [6.07, 6.45) is 1.02. The van der Waals surface area contributed by atoms with Crippen LogP contribution in [0.4, 0.5) is 4.79 Å². The second kappa shape index (κ2) is 5.81. The minimum atomic E-state index is -0.803. The lowest BCUT2D eigenvalue weighted by Gasteiger charge is -2.35. The molecule has 0 spiro atoms. The highest BCUT2D eigenvalue weighted by Gasteiger charge is 2.24. The van der Waals surface area contributed by atoms with Crippen LogP contribution in [-0.2, 0) is 4.79 Å². The second-order valence-electron chi connectivity index (χ2n) is 4.43. The molecule has 0 bridgehead atoms. The van der Waals surface area contributed by atoms with Gasteiger partial charge in [-0.1, -0.05) is 6.92 Å². The summed E-state index contributed by atoms with van der Waals surface area (Å²) in [6.45, 7) is 4.34. The fraction of sp³-hybridized carbons (Fsp3) is 0.800. The quantitative estimate of drug-likeness (QED) is 0.585. The van der Waals surface area contributed by atoms with Gasteiger partial charge in [-0.3, -0.25) is 10.1 Å². The van der Waals surface area contributed by atoms with Crippen LogP contribution in [0.3, 0.4) is 0 Å². The van der Waals surface area contributed by atoms with Crippen molar-refractivity contribution >= 4 is 11.9 Å². The number of imide groups is 1. The molecule has 1 heterocycles. The van der Waals surface area contributed by atoms with Crippen LogP contribution in [0.2, 0.25) is 0 Å². The van der Waals surface area contributed by atoms with Crippen LogP contribution < -0.4 is 16.4 Å². The van der Waals surface area contributed by atoms with Gasteiger partial charge in [0.2, 0.25) is 5.91 Å². The summed E-state index contributed by atoms with van der Waals surface area (Å²) in [5.74, 6) is 0.124. The number of nitrogens with zero attached hydrogens (tertiary/aromatic N) is 1. The van der Waals surface area contributed by atoms with E-state index in [-0.39, 0.29) is 12.5 Å². The van der Waals surface area contributed by atoms with Gasteiger partial charge in [0.05, 0.1) is 6.54 Å². The van der Waals surface area contributed by atoms with Gasteiger partial charge >= 0.3 is 6.03 Å². The van der Waals surface area contributed by atoms with Crippen molar-refractivity contribution in [3.63, 3.8) is 0 Å². The first-order valence-corrected chi connectivity index (χ1v) is 5.50. The summed E-state index contributed by atoms with van der Waals surface area (Å²) < 4.78 is 0. The number of piperidine rings is 1. The van der Waals surface area contributed by atoms with Crippen LogP contribution in [0, 0.1) is 5.92 Å². The van der Waals surface area contributed by atoms with Gasteiger partial charge in [0.25, 0.3) is 0 Å². The Hall–Kier alpha value is -1.14. The Bertz CT molecular complexity index is 270. The van der Waals surface area contributed by atoms with Gasteiger partial charge in [-0.25, -0.2) is 4.79 Å².